The third kappa shape index (κ3) is 1.58. The second-order valence-electron chi connectivity index (χ2n) is 5.24. The van der Waals surface area contributed by atoms with Crippen LogP contribution in [0.1, 0.15) is 25.0 Å². The molecular weight excluding hydrogens is 186 g/mol. The monoisotopic (exact) mass is 205 g/mol. The van der Waals surface area contributed by atoms with Gasteiger partial charge < -0.3 is 10.8 Å². The number of hydrogen-bond acceptors (Lipinski definition) is 2. The highest BCUT2D eigenvalue weighted by atomic mass is 16.3. The number of aliphatic hydroxyl groups is 1. The molecule has 82 valence electrons. The molecule has 1 aromatic rings. The molecule has 1 aliphatic carbocycles. The van der Waals surface area contributed by atoms with Crippen molar-refractivity contribution in [1.82, 2.24) is 0 Å². The molecule has 15 heavy (non-hydrogen) atoms. The molecule has 2 heteroatoms. The molecule has 0 unspecified atom stereocenters. The highest BCUT2D eigenvalue weighted by Crippen LogP contribution is 2.41. The third-order valence-corrected chi connectivity index (χ3v) is 3.85. The van der Waals surface area contributed by atoms with Crippen LogP contribution >= 0.6 is 0 Å². The van der Waals surface area contributed by atoms with Gasteiger partial charge in [0.05, 0.1) is 5.60 Å². The van der Waals surface area contributed by atoms with Crippen LogP contribution in [0, 0.1) is 5.41 Å². The molecule has 2 rings (SSSR count). The summed E-state index contributed by atoms with van der Waals surface area (Å²) >= 11 is 0. The summed E-state index contributed by atoms with van der Waals surface area (Å²) in [6, 6.07) is 8.25. The van der Waals surface area contributed by atoms with E-state index in [1.54, 1.807) is 0 Å². The lowest BCUT2D eigenvalue weighted by Gasteiger charge is -2.39. The van der Waals surface area contributed by atoms with E-state index in [-0.39, 0.29) is 5.41 Å². The van der Waals surface area contributed by atoms with E-state index in [0.29, 0.717) is 6.54 Å². The molecule has 0 radical (unpaired) electrons. The predicted molar refractivity (Wildman–Crippen MR) is 61.6 cm³/mol. The Hall–Kier alpha value is -0.860. The zero-order chi connectivity index (χ0) is 11.1. The molecule has 0 amide bonds. The predicted octanol–water partition coefficient (Wildman–Crippen LogP) is 1.50. The van der Waals surface area contributed by atoms with Gasteiger partial charge in [0.1, 0.15) is 0 Å². The van der Waals surface area contributed by atoms with Crippen LogP contribution in [0.25, 0.3) is 0 Å². The lowest BCUT2D eigenvalue weighted by Crippen LogP contribution is -2.49. The van der Waals surface area contributed by atoms with E-state index in [1.807, 2.05) is 26.0 Å². The first-order valence-electron chi connectivity index (χ1n) is 5.48. The Morgan fingerprint density at radius 3 is 2.13 bits per heavy atom. The SMILES string of the molecule is CC(C)(CN)C1(O)Cc2ccccc2C1. The van der Waals surface area contributed by atoms with Gasteiger partial charge in [0.15, 0.2) is 0 Å². The average molecular weight is 205 g/mol. The van der Waals surface area contributed by atoms with Gasteiger partial charge in [-0.25, -0.2) is 0 Å². The van der Waals surface area contributed by atoms with Crippen molar-refractivity contribution >= 4 is 0 Å². The van der Waals surface area contributed by atoms with Crippen molar-refractivity contribution in [2.75, 3.05) is 6.54 Å². The topological polar surface area (TPSA) is 46.2 Å². The Morgan fingerprint density at radius 1 is 1.27 bits per heavy atom. The van der Waals surface area contributed by atoms with Gasteiger partial charge in [0.2, 0.25) is 0 Å². The summed E-state index contributed by atoms with van der Waals surface area (Å²) in [4.78, 5) is 0. The first kappa shape index (κ1) is 10.7. The minimum Gasteiger partial charge on any atom is -0.389 e. The van der Waals surface area contributed by atoms with Gasteiger partial charge in [-0.1, -0.05) is 38.1 Å². The summed E-state index contributed by atoms with van der Waals surface area (Å²) < 4.78 is 0. The molecule has 0 saturated carbocycles. The number of benzene rings is 1. The molecule has 0 saturated heterocycles. The van der Waals surface area contributed by atoms with Crippen LogP contribution in [0.4, 0.5) is 0 Å². The van der Waals surface area contributed by atoms with E-state index in [9.17, 15) is 5.11 Å². The zero-order valence-corrected chi connectivity index (χ0v) is 9.46. The fourth-order valence-corrected chi connectivity index (χ4v) is 2.26. The van der Waals surface area contributed by atoms with E-state index < -0.39 is 5.60 Å². The van der Waals surface area contributed by atoms with Crippen LogP contribution in [0.5, 0.6) is 0 Å². The standard InChI is InChI=1S/C13H19NO/c1-12(2,9-14)13(15)7-10-5-3-4-6-11(10)8-13/h3-6,15H,7-9,14H2,1-2H3. The first-order chi connectivity index (χ1) is 6.98. The highest BCUT2D eigenvalue weighted by Gasteiger charge is 2.46. The van der Waals surface area contributed by atoms with Gasteiger partial charge in [0, 0.05) is 24.8 Å². The van der Waals surface area contributed by atoms with Gasteiger partial charge in [-0.3, -0.25) is 0 Å². The fourth-order valence-electron chi connectivity index (χ4n) is 2.26. The van der Waals surface area contributed by atoms with Gasteiger partial charge in [-0.05, 0) is 11.1 Å². The van der Waals surface area contributed by atoms with Crippen molar-refractivity contribution in [3.63, 3.8) is 0 Å². The van der Waals surface area contributed by atoms with Crippen molar-refractivity contribution < 1.29 is 5.11 Å². The Kier molecular flexibility index (Phi) is 2.36. The van der Waals surface area contributed by atoms with Crippen molar-refractivity contribution in [1.29, 1.82) is 0 Å². The Labute approximate surface area is 91.1 Å². The Bertz CT molecular complexity index is 346. The van der Waals surface area contributed by atoms with Crippen LogP contribution in [-0.2, 0) is 12.8 Å². The summed E-state index contributed by atoms with van der Waals surface area (Å²) in [5, 5.41) is 10.7. The number of nitrogens with two attached hydrogens (primary N) is 1. The minimum atomic E-state index is -0.675. The van der Waals surface area contributed by atoms with Crippen molar-refractivity contribution in [3.8, 4) is 0 Å². The zero-order valence-electron chi connectivity index (χ0n) is 9.46. The van der Waals surface area contributed by atoms with Gasteiger partial charge in [-0.2, -0.15) is 0 Å². The van der Waals surface area contributed by atoms with Gasteiger partial charge in [-0.15, -0.1) is 0 Å². The molecular formula is C13H19NO. The quantitative estimate of drug-likeness (QED) is 0.768. The largest absolute Gasteiger partial charge is 0.389 e. The van der Waals surface area contributed by atoms with Crippen LogP contribution in [0.15, 0.2) is 24.3 Å². The van der Waals surface area contributed by atoms with Crippen LogP contribution in [0.2, 0.25) is 0 Å². The lowest BCUT2D eigenvalue weighted by molar-refractivity contribution is -0.0533. The molecule has 0 atom stereocenters. The normalized spacial score (nSPS) is 18.9. The maximum atomic E-state index is 10.7. The summed E-state index contributed by atoms with van der Waals surface area (Å²) in [5.41, 5.74) is 7.37. The molecule has 0 spiro atoms. The molecule has 0 aromatic heterocycles. The highest BCUT2D eigenvalue weighted by molar-refractivity contribution is 5.36. The second kappa shape index (κ2) is 3.32. The maximum absolute atomic E-state index is 10.7. The summed E-state index contributed by atoms with van der Waals surface area (Å²) in [7, 11) is 0. The number of hydrogen-bond donors (Lipinski definition) is 2. The average Bonchev–Trinajstić information content (AvgIpc) is 2.55. The molecule has 3 N–H and O–H groups in total. The van der Waals surface area contributed by atoms with Crippen LogP contribution < -0.4 is 5.73 Å². The van der Waals surface area contributed by atoms with Crippen LogP contribution in [0.3, 0.4) is 0 Å². The Morgan fingerprint density at radius 2 is 1.73 bits per heavy atom. The fraction of sp³-hybridized carbons (Fsp3) is 0.538. The number of rotatable bonds is 2. The second-order valence-corrected chi connectivity index (χ2v) is 5.24. The van der Waals surface area contributed by atoms with Gasteiger partial charge in [0.25, 0.3) is 0 Å². The van der Waals surface area contributed by atoms with E-state index in [1.165, 1.54) is 11.1 Å². The van der Waals surface area contributed by atoms with E-state index >= 15 is 0 Å². The number of fused-ring (bicyclic) bond motifs is 1. The summed E-state index contributed by atoms with van der Waals surface area (Å²) in [5.74, 6) is 0. The summed E-state index contributed by atoms with van der Waals surface area (Å²) in [6.45, 7) is 4.59. The minimum absolute atomic E-state index is 0.230. The van der Waals surface area contributed by atoms with Crippen LogP contribution in [-0.4, -0.2) is 17.3 Å². The Balaban J connectivity index is 2.32. The van der Waals surface area contributed by atoms with Crippen molar-refractivity contribution in [2.45, 2.75) is 32.3 Å². The maximum Gasteiger partial charge on any atom is 0.0790 e. The third-order valence-electron chi connectivity index (χ3n) is 3.85. The lowest BCUT2D eigenvalue weighted by atomic mass is 9.73. The smallest absolute Gasteiger partial charge is 0.0790 e. The molecule has 0 fully saturated rings. The molecule has 0 aliphatic heterocycles. The first-order valence-corrected chi connectivity index (χ1v) is 5.48. The molecule has 0 bridgehead atoms. The molecule has 1 aromatic carbocycles. The van der Waals surface area contributed by atoms with E-state index in [0.717, 1.165) is 12.8 Å². The molecule has 0 heterocycles. The van der Waals surface area contributed by atoms with Gasteiger partial charge >= 0.3 is 0 Å². The molecule has 2 nitrogen and oxygen atoms in total. The van der Waals surface area contributed by atoms with E-state index in [2.05, 4.69) is 12.1 Å². The summed E-state index contributed by atoms with van der Waals surface area (Å²) in [6.07, 6.45) is 1.46. The van der Waals surface area contributed by atoms with E-state index in [4.69, 9.17) is 5.73 Å². The molecule has 1 aliphatic rings. The van der Waals surface area contributed by atoms with Crippen molar-refractivity contribution in [2.24, 2.45) is 11.1 Å². The van der Waals surface area contributed by atoms with Crippen molar-refractivity contribution in [3.05, 3.63) is 35.4 Å².